The van der Waals surface area contributed by atoms with Gasteiger partial charge in [-0.05, 0) is 50.1 Å². The van der Waals surface area contributed by atoms with Crippen LogP contribution in [0.5, 0.6) is 5.75 Å². The van der Waals surface area contributed by atoms with Gasteiger partial charge in [0.15, 0.2) is 0 Å². The van der Waals surface area contributed by atoms with Crippen LogP contribution in [0.1, 0.15) is 51.9 Å². The molecular weight excluding hydrogens is 326 g/mol. The highest BCUT2D eigenvalue weighted by Gasteiger charge is 2.25. The molecule has 1 aliphatic rings. The number of nitrogens with one attached hydrogen (secondary N) is 1. The Morgan fingerprint density at radius 3 is 2.85 bits per heavy atom. The molecule has 1 heterocycles. The largest absolute Gasteiger partial charge is 0.494 e. The Bertz CT molecular complexity index is 580. The van der Waals surface area contributed by atoms with Gasteiger partial charge in [-0.2, -0.15) is 5.26 Å². The lowest BCUT2D eigenvalue weighted by molar-refractivity contribution is -0.121. The van der Waals surface area contributed by atoms with Gasteiger partial charge in [-0.1, -0.05) is 26.2 Å². The first-order valence-corrected chi connectivity index (χ1v) is 9.86. The van der Waals surface area contributed by atoms with Gasteiger partial charge < -0.3 is 15.0 Å². The SMILES string of the molecule is CCCCCCOc1ccc(NC(=O)C2CCCN(CCC#N)C2)cc1. The minimum Gasteiger partial charge on any atom is -0.494 e. The van der Waals surface area contributed by atoms with E-state index in [0.717, 1.165) is 56.9 Å². The van der Waals surface area contributed by atoms with E-state index in [1.54, 1.807) is 0 Å². The van der Waals surface area contributed by atoms with Crippen molar-refractivity contribution >= 4 is 11.6 Å². The third-order valence-corrected chi connectivity index (χ3v) is 4.80. The quantitative estimate of drug-likeness (QED) is 0.637. The summed E-state index contributed by atoms with van der Waals surface area (Å²) >= 11 is 0. The summed E-state index contributed by atoms with van der Waals surface area (Å²) in [6.45, 7) is 5.42. The number of hydrogen-bond donors (Lipinski definition) is 1. The van der Waals surface area contributed by atoms with E-state index in [9.17, 15) is 4.79 Å². The molecule has 0 bridgehead atoms. The van der Waals surface area contributed by atoms with Crippen LogP contribution in [-0.4, -0.2) is 37.0 Å². The number of nitrogens with zero attached hydrogens (tertiary/aromatic N) is 2. The number of hydrogen-bond acceptors (Lipinski definition) is 4. The highest BCUT2D eigenvalue weighted by atomic mass is 16.5. The van der Waals surface area contributed by atoms with E-state index < -0.39 is 0 Å². The predicted octanol–water partition coefficient (Wildman–Crippen LogP) is 4.21. The maximum absolute atomic E-state index is 12.5. The minimum atomic E-state index is -0.00284. The molecule has 0 radical (unpaired) electrons. The maximum Gasteiger partial charge on any atom is 0.228 e. The van der Waals surface area contributed by atoms with Crippen LogP contribution in [0.4, 0.5) is 5.69 Å². The molecule has 5 nitrogen and oxygen atoms in total. The van der Waals surface area contributed by atoms with Crippen LogP contribution < -0.4 is 10.1 Å². The van der Waals surface area contributed by atoms with Crippen LogP contribution in [-0.2, 0) is 4.79 Å². The molecular formula is C21H31N3O2. The van der Waals surface area contributed by atoms with Gasteiger partial charge in [0.1, 0.15) is 5.75 Å². The number of ether oxygens (including phenoxy) is 1. The fourth-order valence-corrected chi connectivity index (χ4v) is 3.28. The molecule has 0 aromatic heterocycles. The number of anilines is 1. The van der Waals surface area contributed by atoms with Crippen molar-refractivity contribution in [1.29, 1.82) is 5.26 Å². The number of unbranched alkanes of at least 4 members (excludes halogenated alkanes) is 3. The van der Waals surface area contributed by atoms with Gasteiger partial charge in [-0.15, -0.1) is 0 Å². The number of piperidine rings is 1. The molecule has 1 fully saturated rings. The molecule has 1 saturated heterocycles. The average Bonchev–Trinajstić information content (AvgIpc) is 2.67. The van der Waals surface area contributed by atoms with Crippen molar-refractivity contribution in [2.45, 2.75) is 51.9 Å². The van der Waals surface area contributed by atoms with E-state index in [0.29, 0.717) is 6.42 Å². The summed E-state index contributed by atoms with van der Waals surface area (Å²) in [5, 5.41) is 11.7. The standard InChI is InChI=1S/C21H31N3O2/c1-2-3-4-5-16-26-20-11-9-19(10-12-20)23-21(25)18-8-6-14-24(17-18)15-7-13-22/h9-12,18H,2-8,14-17H2,1H3,(H,23,25). The lowest BCUT2D eigenvalue weighted by Crippen LogP contribution is -2.41. The van der Waals surface area contributed by atoms with Crippen molar-refractivity contribution in [2.75, 3.05) is 31.6 Å². The molecule has 26 heavy (non-hydrogen) atoms. The van der Waals surface area contributed by atoms with Crippen molar-refractivity contribution in [3.63, 3.8) is 0 Å². The number of likely N-dealkylation sites (tertiary alicyclic amines) is 1. The average molecular weight is 357 g/mol. The summed E-state index contributed by atoms with van der Waals surface area (Å²) in [5.74, 6) is 0.914. The van der Waals surface area contributed by atoms with Gasteiger partial charge in [-0.3, -0.25) is 4.79 Å². The molecule has 5 heteroatoms. The molecule has 1 aliphatic heterocycles. The molecule has 1 amide bonds. The lowest BCUT2D eigenvalue weighted by atomic mass is 9.97. The van der Waals surface area contributed by atoms with Gasteiger partial charge in [-0.25, -0.2) is 0 Å². The number of carbonyl (C=O) groups is 1. The smallest absolute Gasteiger partial charge is 0.228 e. The van der Waals surface area contributed by atoms with E-state index in [4.69, 9.17) is 10.00 Å². The Morgan fingerprint density at radius 1 is 1.31 bits per heavy atom. The maximum atomic E-state index is 12.5. The van der Waals surface area contributed by atoms with E-state index in [1.165, 1.54) is 19.3 Å². The number of nitriles is 1. The third kappa shape index (κ3) is 7.05. The van der Waals surface area contributed by atoms with E-state index in [2.05, 4.69) is 23.2 Å². The number of amides is 1. The van der Waals surface area contributed by atoms with E-state index >= 15 is 0 Å². The zero-order valence-corrected chi connectivity index (χ0v) is 15.9. The van der Waals surface area contributed by atoms with Crippen LogP contribution in [0.2, 0.25) is 0 Å². The zero-order valence-electron chi connectivity index (χ0n) is 15.9. The summed E-state index contributed by atoms with van der Waals surface area (Å²) in [4.78, 5) is 14.7. The topological polar surface area (TPSA) is 65.4 Å². The Labute approximate surface area is 157 Å². The van der Waals surface area contributed by atoms with Gasteiger partial charge in [0.2, 0.25) is 5.91 Å². The molecule has 1 aromatic rings. The van der Waals surface area contributed by atoms with Crippen molar-refractivity contribution in [3.8, 4) is 11.8 Å². The van der Waals surface area contributed by atoms with E-state index in [1.807, 2.05) is 24.3 Å². The molecule has 1 aromatic carbocycles. The monoisotopic (exact) mass is 357 g/mol. The fraction of sp³-hybridized carbons (Fsp3) is 0.619. The summed E-state index contributed by atoms with van der Waals surface area (Å²) < 4.78 is 5.73. The molecule has 0 spiro atoms. The number of carbonyl (C=O) groups excluding carboxylic acids is 1. The van der Waals surface area contributed by atoms with Crippen LogP contribution in [0.25, 0.3) is 0 Å². The van der Waals surface area contributed by atoms with Crippen molar-refractivity contribution in [1.82, 2.24) is 4.90 Å². The van der Waals surface area contributed by atoms with Gasteiger partial charge in [0, 0.05) is 25.2 Å². The number of benzene rings is 1. The Kier molecular flexibility index (Phi) is 8.99. The second-order valence-corrected chi connectivity index (χ2v) is 6.97. The van der Waals surface area contributed by atoms with Crippen LogP contribution >= 0.6 is 0 Å². The van der Waals surface area contributed by atoms with Crippen molar-refractivity contribution in [2.24, 2.45) is 5.92 Å². The molecule has 1 atom stereocenters. The number of rotatable bonds is 10. The van der Waals surface area contributed by atoms with Gasteiger partial charge >= 0.3 is 0 Å². The van der Waals surface area contributed by atoms with Gasteiger partial charge in [0.25, 0.3) is 0 Å². The van der Waals surface area contributed by atoms with Crippen LogP contribution in [0.15, 0.2) is 24.3 Å². The summed E-state index contributed by atoms with van der Waals surface area (Å²) in [5.41, 5.74) is 0.808. The normalized spacial score (nSPS) is 17.5. The molecule has 1 N–H and O–H groups in total. The first kappa shape index (κ1) is 20.3. The predicted molar refractivity (Wildman–Crippen MR) is 104 cm³/mol. The Hall–Kier alpha value is -2.06. The molecule has 0 saturated carbocycles. The minimum absolute atomic E-state index is 0.00284. The third-order valence-electron chi connectivity index (χ3n) is 4.80. The van der Waals surface area contributed by atoms with Crippen LogP contribution in [0.3, 0.4) is 0 Å². The Morgan fingerprint density at radius 2 is 2.12 bits per heavy atom. The van der Waals surface area contributed by atoms with Crippen molar-refractivity contribution < 1.29 is 9.53 Å². The summed E-state index contributed by atoms with van der Waals surface area (Å²) in [6.07, 6.45) is 7.21. The highest BCUT2D eigenvalue weighted by molar-refractivity contribution is 5.92. The van der Waals surface area contributed by atoms with E-state index in [-0.39, 0.29) is 11.8 Å². The second-order valence-electron chi connectivity index (χ2n) is 6.97. The zero-order chi connectivity index (χ0) is 18.6. The van der Waals surface area contributed by atoms with Crippen molar-refractivity contribution in [3.05, 3.63) is 24.3 Å². The molecule has 1 unspecified atom stereocenters. The fourth-order valence-electron chi connectivity index (χ4n) is 3.28. The molecule has 0 aliphatic carbocycles. The summed E-state index contributed by atoms with van der Waals surface area (Å²) in [6, 6.07) is 9.80. The second kappa shape index (κ2) is 11.5. The van der Waals surface area contributed by atoms with Crippen LogP contribution in [0, 0.1) is 17.2 Å². The lowest BCUT2D eigenvalue weighted by Gasteiger charge is -2.31. The highest BCUT2D eigenvalue weighted by Crippen LogP contribution is 2.21. The first-order chi connectivity index (χ1) is 12.7. The molecule has 2 rings (SSSR count). The summed E-state index contributed by atoms with van der Waals surface area (Å²) in [7, 11) is 0. The molecule has 142 valence electrons. The first-order valence-electron chi connectivity index (χ1n) is 9.86. The van der Waals surface area contributed by atoms with Gasteiger partial charge in [0.05, 0.1) is 18.6 Å². The Balaban J connectivity index is 1.75.